The summed E-state index contributed by atoms with van der Waals surface area (Å²) in [6.45, 7) is 1.95. The van der Waals surface area contributed by atoms with Crippen LogP contribution in [0.5, 0.6) is 0 Å². The minimum absolute atomic E-state index is 0.276. The average Bonchev–Trinajstić information content (AvgIpc) is 2.90. The van der Waals surface area contributed by atoms with E-state index in [4.69, 9.17) is 0 Å². The highest BCUT2D eigenvalue weighted by Gasteiger charge is 2.10. The molecule has 8 heteroatoms. The van der Waals surface area contributed by atoms with Crippen LogP contribution >= 0.6 is 0 Å². The molecule has 5 aromatic rings. The van der Waals surface area contributed by atoms with E-state index in [9.17, 15) is 4.79 Å². The highest BCUT2D eigenvalue weighted by molar-refractivity contribution is 6.03. The molecule has 0 fully saturated rings. The van der Waals surface area contributed by atoms with Crippen molar-refractivity contribution in [1.82, 2.24) is 15.0 Å². The molecule has 0 bridgehead atoms. The number of carbonyl (C=O) groups excluding carboxylic acids is 1. The van der Waals surface area contributed by atoms with Crippen LogP contribution in [0.3, 0.4) is 0 Å². The Balaban J connectivity index is 1.24. The Kier molecular flexibility index (Phi) is 6.63. The van der Waals surface area contributed by atoms with Crippen molar-refractivity contribution in [1.29, 1.82) is 0 Å². The zero-order chi connectivity index (χ0) is 25.8. The van der Waals surface area contributed by atoms with Gasteiger partial charge in [0.05, 0.1) is 17.4 Å². The zero-order valence-corrected chi connectivity index (χ0v) is 20.9. The van der Waals surface area contributed by atoms with Crippen LogP contribution in [0.15, 0.2) is 91.4 Å². The number of pyridine rings is 3. The standard InChI is InChI=1S/C29H27N7O/c1-19-16-22(12-14-30-19)33-20-4-6-21(7-5-20)35-29(37)28-10-8-23(18-32-28)34-27-13-15-31-26-11-9-24(36(2)3)17-25(26)27/h4-18H,1-3H3,(H,30,33)(H,31,34)(H,35,37). The van der Waals surface area contributed by atoms with Gasteiger partial charge in [-0.1, -0.05) is 0 Å². The van der Waals surface area contributed by atoms with E-state index in [1.54, 1.807) is 24.7 Å². The van der Waals surface area contributed by atoms with E-state index in [1.807, 2.05) is 81.7 Å². The number of benzene rings is 2. The minimum atomic E-state index is -0.276. The third-order valence-corrected chi connectivity index (χ3v) is 5.84. The summed E-state index contributed by atoms with van der Waals surface area (Å²) < 4.78 is 0. The molecular weight excluding hydrogens is 462 g/mol. The Hall–Kier alpha value is -4.98. The fourth-order valence-electron chi connectivity index (χ4n) is 3.90. The van der Waals surface area contributed by atoms with Gasteiger partial charge in [0.2, 0.25) is 0 Å². The van der Waals surface area contributed by atoms with Crippen molar-refractivity contribution in [3.05, 3.63) is 103 Å². The van der Waals surface area contributed by atoms with Gasteiger partial charge in [0.1, 0.15) is 5.69 Å². The maximum absolute atomic E-state index is 12.7. The van der Waals surface area contributed by atoms with E-state index >= 15 is 0 Å². The molecule has 0 saturated heterocycles. The summed E-state index contributed by atoms with van der Waals surface area (Å²) in [4.78, 5) is 27.8. The Morgan fingerprint density at radius 2 is 1.49 bits per heavy atom. The molecule has 0 saturated carbocycles. The first-order chi connectivity index (χ1) is 17.9. The Morgan fingerprint density at radius 1 is 0.730 bits per heavy atom. The molecule has 3 N–H and O–H groups in total. The van der Waals surface area contributed by atoms with Crippen molar-refractivity contribution in [2.45, 2.75) is 6.92 Å². The van der Waals surface area contributed by atoms with Crippen LogP contribution in [-0.4, -0.2) is 35.0 Å². The molecule has 5 rings (SSSR count). The predicted molar refractivity (Wildman–Crippen MR) is 150 cm³/mol. The molecule has 0 spiro atoms. The Labute approximate surface area is 215 Å². The second-order valence-electron chi connectivity index (χ2n) is 8.85. The van der Waals surface area contributed by atoms with Gasteiger partial charge in [0.25, 0.3) is 5.91 Å². The maximum atomic E-state index is 12.7. The highest BCUT2D eigenvalue weighted by Crippen LogP contribution is 2.28. The highest BCUT2D eigenvalue weighted by atomic mass is 16.1. The van der Waals surface area contributed by atoms with Gasteiger partial charge in [-0.15, -0.1) is 0 Å². The molecule has 0 unspecified atom stereocenters. The van der Waals surface area contributed by atoms with Crippen molar-refractivity contribution >= 4 is 50.9 Å². The number of nitrogens with one attached hydrogen (secondary N) is 3. The molecule has 3 heterocycles. The largest absolute Gasteiger partial charge is 0.378 e. The van der Waals surface area contributed by atoms with Crippen molar-refractivity contribution in [2.75, 3.05) is 34.9 Å². The molecule has 0 atom stereocenters. The van der Waals surface area contributed by atoms with Crippen LogP contribution in [-0.2, 0) is 0 Å². The molecule has 2 aromatic carbocycles. The van der Waals surface area contributed by atoms with Gasteiger partial charge in [0, 0.05) is 66.0 Å². The van der Waals surface area contributed by atoms with E-state index in [1.165, 1.54) is 0 Å². The van der Waals surface area contributed by atoms with Crippen LogP contribution in [0, 0.1) is 6.92 Å². The van der Waals surface area contributed by atoms with E-state index < -0.39 is 0 Å². The van der Waals surface area contributed by atoms with Crippen molar-refractivity contribution in [3.63, 3.8) is 0 Å². The molecule has 1 amide bonds. The average molecular weight is 490 g/mol. The topological polar surface area (TPSA) is 95.1 Å². The van der Waals surface area contributed by atoms with Gasteiger partial charge in [-0.05, 0) is 79.7 Å². The summed E-state index contributed by atoms with van der Waals surface area (Å²) in [6.07, 6.45) is 5.19. The lowest BCUT2D eigenvalue weighted by Crippen LogP contribution is -2.13. The number of anilines is 6. The first-order valence-electron chi connectivity index (χ1n) is 11.8. The first kappa shape index (κ1) is 23.7. The van der Waals surface area contributed by atoms with Gasteiger partial charge in [-0.2, -0.15) is 0 Å². The summed E-state index contributed by atoms with van der Waals surface area (Å²) in [5.41, 5.74) is 7.51. The summed E-state index contributed by atoms with van der Waals surface area (Å²) in [7, 11) is 4.01. The minimum Gasteiger partial charge on any atom is -0.378 e. The van der Waals surface area contributed by atoms with E-state index in [0.717, 1.165) is 45.0 Å². The number of hydrogen-bond acceptors (Lipinski definition) is 7. The SMILES string of the molecule is Cc1cc(Nc2ccc(NC(=O)c3ccc(Nc4ccnc5ccc(N(C)C)cc45)cn3)cc2)ccn1. The molecule has 184 valence electrons. The van der Waals surface area contributed by atoms with Crippen LogP contribution in [0.1, 0.15) is 16.2 Å². The first-order valence-corrected chi connectivity index (χ1v) is 11.8. The summed E-state index contributed by atoms with van der Waals surface area (Å²) in [5, 5.41) is 10.6. The molecule has 8 nitrogen and oxygen atoms in total. The van der Waals surface area contributed by atoms with Gasteiger partial charge in [-0.25, -0.2) is 4.98 Å². The molecule has 0 aliphatic rings. The Bertz CT molecular complexity index is 1550. The van der Waals surface area contributed by atoms with Crippen LogP contribution < -0.4 is 20.9 Å². The lowest BCUT2D eigenvalue weighted by Gasteiger charge is -2.15. The van der Waals surface area contributed by atoms with Crippen molar-refractivity contribution < 1.29 is 4.79 Å². The predicted octanol–water partition coefficient (Wildman–Crippen LogP) is 6.14. The Morgan fingerprint density at radius 3 is 2.22 bits per heavy atom. The van der Waals surface area contributed by atoms with Crippen LogP contribution in [0.25, 0.3) is 10.9 Å². The second kappa shape index (κ2) is 10.3. The maximum Gasteiger partial charge on any atom is 0.274 e. The number of carbonyl (C=O) groups is 1. The summed E-state index contributed by atoms with van der Waals surface area (Å²) >= 11 is 0. The van der Waals surface area contributed by atoms with Gasteiger partial charge in [-0.3, -0.25) is 14.8 Å². The lowest BCUT2D eigenvalue weighted by molar-refractivity contribution is 0.102. The van der Waals surface area contributed by atoms with E-state index in [2.05, 4.69) is 41.9 Å². The van der Waals surface area contributed by atoms with Crippen LogP contribution in [0.4, 0.5) is 34.1 Å². The number of hydrogen-bond donors (Lipinski definition) is 3. The van der Waals surface area contributed by atoms with Gasteiger partial charge >= 0.3 is 0 Å². The molecular formula is C29H27N7O. The normalized spacial score (nSPS) is 10.7. The van der Waals surface area contributed by atoms with Gasteiger partial charge in [0.15, 0.2) is 0 Å². The monoisotopic (exact) mass is 489 g/mol. The lowest BCUT2D eigenvalue weighted by atomic mass is 10.1. The smallest absolute Gasteiger partial charge is 0.274 e. The molecule has 0 aliphatic carbocycles. The number of rotatable bonds is 7. The molecule has 37 heavy (non-hydrogen) atoms. The van der Waals surface area contributed by atoms with E-state index in [0.29, 0.717) is 11.4 Å². The summed E-state index contributed by atoms with van der Waals surface area (Å²) in [5.74, 6) is -0.276. The van der Waals surface area contributed by atoms with Crippen molar-refractivity contribution in [3.8, 4) is 0 Å². The zero-order valence-electron chi connectivity index (χ0n) is 20.9. The third kappa shape index (κ3) is 5.65. The third-order valence-electron chi connectivity index (χ3n) is 5.84. The number of aryl methyl sites for hydroxylation is 1. The quantitative estimate of drug-likeness (QED) is 0.253. The second-order valence-corrected chi connectivity index (χ2v) is 8.85. The molecule has 3 aromatic heterocycles. The molecule has 0 radical (unpaired) electrons. The van der Waals surface area contributed by atoms with Gasteiger partial charge < -0.3 is 20.9 Å². The number of nitrogens with zero attached hydrogens (tertiary/aromatic N) is 4. The fourth-order valence-corrected chi connectivity index (χ4v) is 3.90. The summed E-state index contributed by atoms with van der Waals surface area (Å²) in [6, 6.07) is 23.0. The number of fused-ring (bicyclic) bond motifs is 1. The van der Waals surface area contributed by atoms with Crippen molar-refractivity contribution in [2.24, 2.45) is 0 Å². The molecule has 0 aliphatic heterocycles. The number of amides is 1. The fraction of sp³-hybridized carbons (Fsp3) is 0.103. The van der Waals surface area contributed by atoms with E-state index in [-0.39, 0.29) is 5.91 Å². The number of aromatic nitrogens is 3. The van der Waals surface area contributed by atoms with Crippen LogP contribution in [0.2, 0.25) is 0 Å².